The Morgan fingerprint density at radius 1 is 1.34 bits per heavy atom. The second-order valence-electron chi connectivity index (χ2n) is 6.95. The van der Waals surface area contributed by atoms with E-state index in [4.69, 9.17) is 16.3 Å². The number of aryl methyl sites for hydroxylation is 1. The Morgan fingerprint density at radius 3 is 2.76 bits per heavy atom. The molecule has 8 nitrogen and oxygen atoms in total. The van der Waals surface area contributed by atoms with E-state index in [1.807, 2.05) is 24.3 Å². The van der Waals surface area contributed by atoms with E-state index < -0.39 is 0 Å². The lowest BCUT2D eigenvalue weighted by Gasteiger charge is -2.40. The monoisotopic (exact) mass is 435 g/mol. The summed E-state index contributed by atoms with van der Waals surface area (Å²) in [4.78, 5) is 33.4. The lowest BCUT2D eigenvalue weighted by Crippen LogP contribution is -2.52. The topological polar surface area (TPSA) is 80.6 Å². The highest BCUT2D eigenvalue weighted by Gasteiger charge is 2.43. The third-order valence-corrected chi connectivity index (χ3v) is 6.50. The third-order valence-electron chi connectivity index (χ3n) is 5.08. The van der Waals surface area contributed by atoms with Crippen LogP contribution in [-0.2, 0) is 4.74 Å². The van der Waals surface area contributed by atoms with Crippen LogP contribution in [0.3, 0.4) is 0 Å². The highest BCUT2D eigenvalue weighted by molar-refractivity contribution is 8.00. The maximum absolute atomic E-state index is 13.1. The van der Waals surface area contributed by atoms with Gasteiger partial charge in [-0.25, -0.2) is 9.78 Å². The molecule has 1 fully saturated rings. The van der Waals surface area contributed by atoms with E-state index >= 15 is 0 Å². The first kappa shape index (κ1) is 20.2. The number of thioether (sulfide) groups is 1. The molecule has 1 saturated heterocycles. The maximum Gasteiger partial charge on any atom is 0.409 e. The molecule has 2 unspecified atom stereocenters. The van der Waals surface area contributed by atoms with Gasteiger partial charge in [-0.05, 0) is 31.5 Å². The predicted octanol–water partition coefficient (Wildman–Crippen LogP) is 2.87. The zero-order valence-electron chi connectivity index (χ0n) is 16.2. The van der Waals surface area contributed by atoms with Gasteiger partial charge in [0.15, 0.2) is 5.16 Å². The number of fused-ring (bicyclic) bond motifs is 1. The minimum atomic E-state index is -0.377. The number of rotatable bonds is 4. The fraction of sp³-hybridized carbons (Fsp3) is 0.474. The van der Waals surface area contributed by atoms with Gasteiger partial charge in [-0.1, -0.05) is 35.5 Å². The predicted molar refractivity (Wildman–Crippen MR) is 109 cm³/mol. The Balaban J connectivity index is 1.59. The van der Waals surface area contributed by atoms with Crippen molar-refractivity contribution in [3.05, 3.63) is 40.7 Å². The van der Waals surface area contributed by atoms with E-state index in [9.17, 15) is 9.59 Å². The number of ether oxygens (including phenoxy) is 1. The van der Waals surface area contributed by atoms with Gasteiger partial charge in [-0.3, -0.25) is 9.69 Å². The van der Waals surface area contributed by atoms with Crippen molar-refractivity contribution in [2.45, 2.75) is 30.3 Å². The molecule has 1 aromatic heterocycles. The molecular formula is C19H22ClN5O3S. The molecule has 0 radical (unpaired) electrons. The SMILES string of the molecule is CCOC(=O)N1CCN(C(c2cccc(Cl)c2)C2Sc3nc(C)nn3C2=O)CC1. The van der Waals surface area contributed by atoms with Crippen LogP contribution in [0.25, 0.3) is 0 Å². The first-order chi connectivity index (χ1) is 14.0. The third kappa shape index (κ3) is 3.99. The van der Waals surface area contributed by atoms with Crippen molar-refractivity contribution in [3.63, 3.8) is 0 Å². The molecule has 0 bridgehead atoms. The summed E-state index contributed by atoms with van der Waals surface area (Å²) in [7, 11) is 0. The Hall–Kier alpha value is -2.10. The molecule has 2 aliphatic heterocycles. The fourth-order valence-corrected chi connectivity index (χ4v) is 5.26. The number of piperazine rings is 1. The molecule has 0 saturated carbocycles. The quantitative estimate of drug-likeness (QED) is 0.730. The number of nitrogens with zero attached hydrogens (tertiary/aromatic N) is 5. The molecule has 2 aromatic rings. The average Bonchev–Trinajstić information content (AvgIpc) is 3.20. The van der Waals surface area contributed by atoms with E-state index in [0.717, 1.165) is 5.56 Å². The first-order valence-electron chi connectivity index (χ1n) is 9.53. The zero-order chi connectivity index (χ0) is 20.5. The summed E-state index contributed by atoms with van der Waals surface area (Å²) < 4.78 is 6.51. The summed E-state index contributed by atoms with van der Waals surface area (Å²) in [5, 5.41) is 5.11. The van der Waals surface area contributed by atoms with Crippen molar-refractivity contribution in [2.24, 2.45) is 0 Å². The van der Waals surface area contributed by atoms with Gasteiger partial charge in [0.25, 0.3) is 5.91 Å². The van der Waals surface area contributed by atoms with Crippen molar-refractivity contribution in [1.29, 1.82) is 0 Å². The van der Waals surface area contributed by atoms with Gasteiger partial charge >= 0.3 is 6.09 Å². The molecule has 1 aromatic carbocycles. The highest BCUT2D eigenvalue weighted by Crippen LogP contribution is 2.41. The van der Waals surface area contributed by atoms with Crippen LogP contribution < -0.4 is 0 Å². The van der Waals surface area contributed by atoms with Gasteiger partial charge in [0, 0.05) is 31.2 Å². The molecule has 10 heteroatoms. The molecule has 2 aliphatic rings. The molecule has 1 amide bonds. The summed E-state index contributed by atoms with van der Waals surface area (Å²) in [5.41, 5.74) is 0.968. The van der Waals surface area contributed by atoms with Gasteiger partial charge in [-0.2, -0.15) is 4.68 Å². The largest absolute Gasteiger partial charge is 0.450 e. The van der Waals surface area contributed by atoms with E-state index in [1.54, 1.807) is 18.7 Å². The molecule has 0 spiro atoms. The van der Waals surface area contributed by atoms with Crippen molar-refractivity contribution < 1.29 is 14.3 Å². The molecule has 0 aliphatic carbocycles. The number of hydrogen-bond acceptors (Lipinski definition) is 7. The van der Waals surface area contributed by atoms with Crippen LogP contribution >= 0.6 is 23.4 Å². The number of halogens is 1. The minimum absolute atomic E-state index is 0.0802. The van der Waals surface area contributed by atoms with Crippen molar-refractivity contribution in [2.75, 3.05) is 32.8 Å². The van der Waals surface area contributed by atoms with Crippen LogP contribution in [0.1, 0.15) is 29.1 Å². The number of carbonyl (C=O) groups is 2. The van der Waals surface area contributed by atoms with Crippen LogP contribution in [0.4, 0.5) is 4.79 Å². The second-order valence-corrected chi connectivity index (χ2v) is 8.50. The normalized spacial score (nSPS) is 20.6. The Bertz CT molecular complexity index is 928. The molecule has 154 valence electrons. The molecule has 4 rings (SSSR count). The molecule has 29 heavy (non-hydrogen) atoms. The lowest BCUT2D eigenvalue weighted by molar-refractivity contribution is 0.0600. The summed E-state index contributed by atoms with van der Waals surface area (Å²) in [6, 6.07) is 7.41. The number of amides is 1. The molecule has 0 N–H and O–H groups in total. The number of benzene rings is 1. The number of aromatic nitrogens is 3. The van der Waals surface area contributed by atoms with Gasteiger partial charge in [0.2, 0.25) is 0 Å². The van der Waals surface area contributed by atoms with Crippen LogP contribution in [0, 0.1) is 6.92 Å². The summed E-state index contributed by atoms with van der Waals surface area (Å²) >= 11 is 7.68. The van der Waals surface area contributed by atoms with Crippen LogP contribution in [0.2, 0.25) is 5.02 Å². The van der Waals surface area contributed by atoms with E-state index in [1.165, 1.54) is 16.4 Å². The molecular weight excluding hydrogens is 414 g/mol. The summed E-state index contributed by atoms with van der Waals surface area (Å²) in [6.07, 6.45) is -0.294. The Kier molecular flexibility index (Phi) is 5.80. The van der Waals surface area contributed by atoms with Gasteiger partial charge < -0.3 is 9.64 Å². The standard InChI is InChI=1S/C19H22ClN5O3S/c1-3-28-19(27)24-9-7-23(8-10-24)15(13-5-4-6-14(20)11-13)16-17(26)25-18(29-16)21-12(2)22-25/h4-6,11,15-16H,3,7-10H2,1-2H3. The van der Waals surface area contributed by atoms with Gasteiger partial charge in [0.1, 0.15) is 11.1 Å². The minimum Gasteiger partial charge on any atom is -0.450 e. The maximum atomic E-state index is 13.1. The van der Waals surface area contributed by atoms with Crippen molar-refractivity contribution >= 4 is 35.4 Å². The van der Waals surface area contributed by atoms with Crippen LogP contribution in [-0.4, -0.2) is 74.6 Å². The van der Waals surface area contributed by atoms with Crippen molar-refractivity contribution in [1.82, 2.24) is 24.6 Å². The summed E-state index contributed by atoms with van der Waals surface area (Å²) in [5.74, 6) is 0.505. The summed E-state index contributed by atoms with van der Waals surface area (Å²) in [6.45, 7) is 6.29. The average molecular weight is 436 g/mol. The number of hydrogen-bond donors (Lipinski definition) is 0. The van der Waals surface area contributed by atoms with Crippen molar-refractivity contribution in [3.8, 4) is 0 Å². The highest BCUT2D eigenvalue weighted by atomic mass is 35.5. The molecule has 3 heterocycles. The van der Waals surface area contributed by atoms with Gasteiger partial charge in [-0.15, -0.1) is 5.10 Å². The number of carbonyl (C=O) groups excluding carboxylic acids is 2. The van der Waals surface area contributed by atoms with E-state index in [2.05, 4.69) is 15.0 Å². The lowest BCUT2D eigenvalue weighted by atomic mass is 10.00. The van der Waals surface area contributed by atoms with Crippen LogP contribution in [0.5, 0.6) is 0 Å². The van der Waals surface area contributed by atoms with E-state index in [-0.39, 0.29) is 23.3 Å². The van der Waals surface area contributed by atoms with E-state index in [0.29, 0.717) is 48.8 Å². The Morgan fingerprint density at radius 2 is 2.10 bits per heavy atom. The Labute approximate surface area is 178 Å². The zero-order valence-corrected chi connectivity index (χ0v) is 17.8. The van der Waals surface area contributed by atoms with Gasteiger partial charge in [0.05, 0.1) is 12.6 Å². The first-order valence-corrected chi connectivity index (χ1v) is 10.8. The smallest absolute Gasteiger partial charge is 0.409 e. The second kappa shape index (κ2) is 8.33. The molecule has 2 atom stereocenters. The van der Waals surface area contributed by atoms with Crippen LogP contribution in [0.15, 0.2) is 29.4 Å². The fourth-order valence-electron chi connectivity index (χ4n) is 3.76.